The van der Waals surface area contributed by atoms with Gasteiger partial charge < -0.3 is 5.73 Å². The van der Waals surface area contributed by atoms with Gasteiger partial charge in [0.2, 0.25) is 0 Å². The average molecular weight is 167 g/mol. The van der Waals surface area contributed by atoms with Crippen LogP contribution in [0.2, 0.25) is 0 Å². The lowest BCUT2D eigenvalue weighted by atomic mass is 10.0. The summed E-state index contributed by atoms with van der Waals surface area (Å²) < 4.78 is 12.1. The maximum absolute atomic E-state index is 12.1. The number of rotatable bonds is 4. The molecule has 1 aromatic carbocycles. The number of nitrogens with two attached hydrogens (primary N) is 1. The predicted molar refractivity (Wildman–Crippen MR) is 48.9 cm³/mol. The standard InChI is InChI=1S/C10H14FN/c11-7-5-9-3-1-2-4-10(9)6-8-12/h1-4H,5-8,12H2. The summed E-state index contributed by atoms with van der Waals surface area (Å²) in [6.07, 6.45) is 1.35. The molecule has 0 amide bonds. The largest absolute Gasteiger partial charge is 0.330 e. The molecular weight excluding hydrogens is 153 g/mol. The molecular formula is C10H14FN. The molecule has 1 nitrogen and oxygen atoms in total. The minimum atomic E-state index is -0.290. The quantitative estimate of drug-likeness (QED) is 0.725. The molecule has 0 heterocycles. The van der Waals surface area contributed by atoms with E-state index in [1.807, 2.05) is 24.3 Å². The minimum absolute atomic E-state index is 0.290. The Balaban J connectivity index is 2.77. The fourth-order valence-electron chi connectivity index (χ4n) is 1.30. The van der Waals surface area contributed by atoms with E-state index < -0.39 is 0 Å². The average Bonchev–Trinajstić information content (AvgIpc) is 2.09. The zero-order valence-corrected chi connectivity index (χ0v) is 7.09. The lowest BCUT2D eigenvalue weighted by molar-refractivity contribution is 0.494. The van der Waals surface area contributed by atoms with E-state index in [-0.39, 0.29) is 6.67 Å². The molecule has 1 aromatic rings. The summed E-state index contributed by atoms with van der Waals surface area (Å²) >= 11 is 0. The number of hydrogen-bond donors (Lipinski definition) is 1. The second kappa shape index (κ2) is 4.88. The first-order valence-corrected chi connectivity index (χ1v) is 4.21. The molecule has 0 aliphatic heterocycles. The van der Waals surface area contributed by atoms with E-state index in [1.54, 1.807) is 0 Å². The van der Waals surface area contributed by atoms with Crippen molar-refractivity contribution in [3.05, 3.63) is 35.4 Å². The van der Waals surface area contributed by atoms with Crippen molar-refractivity contribution in [3.8, 4) is 0 Å². The van der Waals surface area contributed by atoms with Crippen LogP contribution in [0.15, 0.2) is 24.3 Å². The van der Waals surface area contributed by atoms with Crippen LogP contribution in [0.25, 0.3) is 0 Å². The first-order chi connectivity index (χ1) is 5.88. The smallest absolute Gasteiger partial charge is 0.0934 e. The third-order valence-corrected chi connectivity index (χ3v) is 1.90. The molecule has 0 radical (unpaired) electrons. The Morgan fingerprint density at radius 2 is 1.67 bits per heavy atom. The summed E-state index contributed by atoms with van der Waals surface area (Å²) in [4.78, 5) is 0. The highest BCUT2D eigenvalue weighted by Crippen LogP contribution is 2.09. The summed E-state index contributed by atoms with van der Waals surface area (Å²) in [6.45, 7) is 0.338. The van der Waals surface area contributed by atoms with E-state index >= 15 is 0 Å². The van der Waals surface area contributed by atoms with E-state index in [0.717, 1.165) is 12.0 Å². The van der Waals surface area contributed by atoms with Crippen molar-refractivity contribution in [3.63, 3.8) is 0 Å². The molecule has 0 saturated carbocycles. The predicted octanol–water partition coefficient (Wildman–Crippen LogP) is 1.70. The minimum Gasteiger partial charge on any atom is -0.330 e. The molecule has 0 unspecified atom stereocenters. The molecule has 0 aromatic heterocycles. The van der Waals surface area contributed by atoms with Gasteiger partial charge in [-0.05, 0) is 24.1 Å². The van der Waals surface area contributed by atoms with Gasteiger partial charge in [0.15, 0.2) is 0 Å². The first kappa shape index (κ1) is 9.20. The second-order valence-electron chi connectivity index (χ2n) is 2.75. The number of hydrogen-bond acceptors (Lipinski definition) is 1. The zero-order valence-electron chi connectivity index (χ0n) is 7.09. The maximum atomic E-state index is 12.1. The van der Waals surface area contributed by atoms with Crippen molar-refractivity contribution in [1.82, 2.24) is 0 Å². The van der Waals surface area contributed by atoms with Crippen molar-refractivity contribution in [2.45, 2.75) is 12.8 Å². The van der Waals surface area contributed by atoms with Gasteiger partial charge in [0, 0.05) is 6.42 Å². The highest BCUT2D eigenvalue weighted by molar-refractivity contribution is 5.27. The normalized spacial score (nSPS) is 10.2. The maximum Gasteiger partial charge on any atom is 0.0934 e. The van der Waals surface area contributed by atoms with Crippen molar-refractivity contribution in [2.75, 3.05) is 13.2 Å². The van der Waals surface area contributed by atoms with Crippen LogP contribution >= 0.6 is 0 Å². The van der Waals surface area contributed by atoms with Crippen molar-refractivity contribution in [1.29, 1.82) is 0 Å². The van der Waals surface area contributed by atoms with Gasteiger partial charge in [-0.1, -0.05) is 24.3 Å². The molecule has 0 spiro atoms. The van der Waals surface area contributed by atoms with Gasteiger partial charge in [0.05, 0.1) is 6.67 Å². The molecule has 0 aliphatic rings. The molecule has 66 valence electrons. The van der Waals surface area contributed by atoms with E-state index in [0.29, 0.717) is 13.0 Å². The number of benzene rings is 1. The molecule has 0 saturated heterocycles. The summed E-state index contributed by atoms with van der Waals surface area (Å²) in [6, 6.07) is 7.88. The lowest BCUT2D eigenvalue weighted by Crippen LogP contribution is -2.05. The second-order valence-corrected chi connectivity index (χ2v) is 2.75. The molecule has 0 atom stereocenters. The SMILES string of the molecule is NCCc1ccccc1CCF. The molecule has 1 rings (SSSR count). The molecule has 0 bridgehead atoms. The summed E-state index contributed by atoms with van der Waals surface area (Å²) in [5.74, 6) is 0. The van der Waals surface area contributed by atoms with Crippen LogP contribution in [-0.2, 0) is 12.8 Å². The highest BCUT2D eigenvalue weighted by Gasteiger charge is 1.99. The number of aryl methyl sites for hydroxylation is 1. The Bertz CT molecular complexity index is 210. The van der Waals surface area contributed by atoms with Crippen LogP contribution in [0.4, 0.5) is 4.39 Å². The van der Waals surface area contributed by atoms with Crippen LogP contribution in [0.1, 0.15) is 11.1 Å². The van der Waals surface area contributed by atoms with Gasteiger partial charge >= 0.3 is 0 Å². The Labute approximate surface area is 72.4 Å². The van der Waals surface area contributed by atoms with E-state index in [2.05, 4.69) is 0 Å². The van der Waals surface area contributed by atoms with Crippen LogP contribution in [0.5, 0.6) is 0 Å². The van der Waals surface area contributed by atoms with Crippen molar-refractivity contribution in [2.24, 2.45) is 5.73 Å². The van der Waals surface area contributed by atoms with Crippen LogP contribution in [0.3, 0.4) is 0 Å². The third kappa shape index (κ3) is 2.31. The summed E-state index contributed by atoms with van der Waals surface area (Å²) in [5.41, 5.74) is 7.70. The van der Waals surface area contributed by atoms with Gasteiger partial charge in [-0.15, -0.1) is 0 Å². The monoisotopic (exact) mass is 167 g/mol. The van der Waals surface area contributed by atoms with Gasteiger partial charge in [-0.3, -0.25) is 4.39 Å². The van der Waals surface area contributed by atoms with Crippen LogP contribution < -0.4 is 5.73 Å². The molecule has 12 heavy (non-hydrogen) atoms. The van der Waals surface area contributed by atoms with Crippen molar-refractivity contribution >= 4 is 0 Å². The number of alkyl halides is 1. The highest BCUT2D eigenvalue weighted by atomic mass is 19.1. The van der Waals surface area contributed by atoms with Crippen molar-refractivity contribution < 1.29 is 4.39 Å². The lowest BCUT2D eigenvalue weighted by Gasteiger charge is -2.05. The fourth-order valence-corrected chi connectivity index (χ4v) is 1.30. The van der Waals surface area contributed by atoms with Crippen LogP contribution in [0, 0.1) is 0 Å². The third-order valence-electron chi connectivity index (χ3n) is 1.90. The van der Waals surface area contributed by atoms with Gasteiger partial charge in [0.25, 0.3) is 0 Å². The molecule has 2 heteroatoms. The molecule has 0 aliphatic carbocycles. The molecule has 0 fully saturated rings. The Hall–Kier alpha value is -0.890. The Kier molecular flexibility index (Phi) is 3.74. The van der Waals surface area contributed by atoms with E-state index in [1.165, 1.54) is 5.56 Å². The number of halogens is 1. The van der Waals surface area contributed by atoms with E-state index in [4.69, 9.17) is 5.73 Å². The zero-order chi connectivity index (χ0) is 8.81. The fraction of sp³-hybridized carbons (Fsp3) is 0.400. The summed E-state index contributed by atoms with van der Waals surface area (Å²) in [5, 5.41) is 0. The first-order valence-electron chi connectivity index (χ1n) is 4.21. The van der Waals surface area contributed by atoms with E-state index in [9.17, 15) is 4.39 Å². The topological polar surface area (TPSA) is 26.0 Å². The Morgan fingerprint density at radius 3 is 2.17 bits per heavy atom. The summed E-state index contributed by atoms with van der Waals surface area (Å²) in [7, 11) is 0. The molecule has 2 N–H and O–H groups in total. The van der Waals surface area contributed by atoms with Gasteiger partial charge in [0.1, 0.15) is 0 Å². The van der Waals surface area contributed by atoms with Crippen LogP contribution in [-0.4, -0.2) is 13.2 Å². The van der Waals surface area contributed by atoms with Gasteiger partial charge in [-0.25, -0.2) is 0 Å². The van der Waals surface area contributed by atoms with Gasteiger partial charge in [-0.2, -0.15) is 0 Å². The Morgan fingerprint density at radius 1 is 1.08 bits per heavy atom.